The van der Waals surface area contributed by atoms with Crippen LogP contribution < -0.4 is 5.32 Å². The van der Waals surface area contributed by atoms with E-state index in [-0.39, 0.29) is 18.2 Å². The molecule has 128 valence electrons. The summed E-state index contributed by atoms with van der Waals surface area (Å²) in [7, 11) is 0. The molecule has 0 radical (unpaired) electrons. The number of halogens is 3. The van der Waals surface area contributed by atoms with Crippen LogP contribution in [0.5, 0.6) is 0 Å². The fraction of sp³-hybridized carbons (Fsp3) is 0.684. The summed E-state index contributed by atoms with van der Waals surface area (Å²) in [6.45, 7) is 2.84. The van der Waals surface area contributed by atoms with Crippen LogP contribution in [0.1, 0.15) is 51.0 Å². The molecule has 1 aromatic rings. The van der Waals surface area contributed by atoms with Crippen LogP contribution in [0.25, 0.3) is 0 Å². The third-order valence-electron chi connectivity index (χ3n) is 6.65. The largest absolute Gasteiger partial charge is 0.309 e. The Morgan fingerprint density at radius 1 is 1.17 bits per heavy atom. The SMILES string of the molecule is CC(NCc1c(F)cccc1Cl)C12CC3CC(CC(C3)C1)C2.Cl. The summed E-state index contributed by atoms with van der Waals surface area (Å²) >= 11 is 6.15. The van der Waals surface area contributed by atoms with Crippen LogP contribution in [0.2, 0.25) is 5.02 Å². The molecule has 1 atom stereocenters. The molecule has 5 rings (SSSR count). The second-order valence-corrected chi connectivity index (χ2v) is 8.49. The van der Waals surface area contributed by atoms with Crippen molar-refractivity contribution in [3.8, 4) is 0 Å². The summed E-state index contributed by atoms with van der Waals surface area (Å²) in [5, 5.41) is 4.15. The molecule has 0 heterocycles. The Morgan fingerprint density at radius 3 is 2.26 bits per heavy atom. The van der Waals surface area contributed by atoms with Gasteiger partial charge in [0.15, 0.2) is 0 Å². The monoisotopic (exact) mass is 357 g/mol. The second-order valence-electron chi connectivity index (χ2n) is 8.08. The zero-order valence-electron chi connectivity index (χ0n) is 13.7. The first-order chi connectivity index (χ1) is 10.6. The van der Waals surface area contributed by atoms with E-state index in [9.17, 15) is 4.39 Å². The molecule has 4 heteroatoms. The molecule has 0 aromatic heterocycles. The Labute approximate surface area is 149 Å². The van der Waals surface area contributed by atoms with Crippen molar-refractivity contribution in [3.05, 3.63) is 34.6 Å². The van der Waals surface area contributed by atoms with Gasteiger partial charge in [-0.3, -0.25) is 0 Å². The van der Waals surface area contributed by atoms with E-state index < -0.39 is 0 Å². The van der Waals surface area contributed by atoms with E-state index in [0.29, 0.717) is 28.6 Å². The van der Waals surface area contributed by atoms with E-state index in [4.69, 9.17) is 11.6 Å². The van der Waals surface area contributed by atoms with Gasteiger partial charge in [0.25, 0.3) is 0 Å². The van der Waals surface area contributed by atoms with Crippen LogP contribution in [0.15, 0.2) is 18.2 Å². The fourth-order valence-corrected chi connectivity index (χ4v) is 6.11. The lowest BCUT2D eigenvalue weighted by Crippen LogP contribution is -2.54. The van der Waals surface area contributed by atoms with Crippen molar-refractivity contribution in [2.75, 3.05) is 0 Å². The fourth-order valence-electron chi connectivity index (χ4n) is 5.88. The van der Waals surface area contributed by atoms with Gasteiger partial charge in [-0.15, -0.1) is 12.4 Å². The molecule has 0 amide bonds. The summed E-state index contributed by atoms with van der Waals surface area (Å²) in [5.41, 5.74) is 1.06. The molecule has 1 nitrogen and oxygen atoms in total. The minimum Gasteiger partial charge on any atom is -0.309 e. The Kier molecular flexibility index (Phi) is 4.98. The minimum absolute atomic E-state index is 0. The molecule has 4 saturated carbocycles. The van der Waals surface area contributed by atoms with Crippen LogP contribution in [-0.4, -0.2) is 6.04 Å². The van der Waals surface area contributed by atoms with Gasteiger partial charge in [-0.1, -0.05) is 17.7 Å². The summed E-state index contributed by atoms with van der Waals surface area (Å²) < 4.78 is 13.9. The summed E-state index contributed by atoms with van der Waals surface area (Å²) in [5.74, 6) is 2.66. The van der Waals surface area contributed by atoms with Gasteiger partial charge in [-0.25, -0.2) is 4.39 Å². The van der Waals surface area contributed by atoms with Crippen LogP contribution in [0, 0.1) is 29.0 Å². The molecule has 4 bridgehead atoms. The van der Waals surface area contributed by atoms with E-state index in [0.717, 1.165) is 17.8 Å². The van der Waals surface area contributed by atoms with Crippen molar-refractivity contribution in [1.29, 1.82) is 0 Å². The van der Waals surface area contributed by atoms with Gasteiger partial charge in [0.2, 0.25) is 0 Å². The minimum atomic E-state index is -0.197. The molecule has 1 unspecified atom stereocenters. The van der Waals surface area contributed by atoms with Gasteiger partial charge in [-0.2, -0.15) is 0 Å². The molecule has 1 N–H and O–H groups in total. The third-order valence-corrected chi connectivity index (χ3v) is 7.00. The molecule has 4 aliphatic carbocycles. The lowest BCUT2D eigenvalue weighted by Gasteiger charge is -2.59. The molecule has 0 aliphatic heterocycles. The van der Waals surface area contributed by atoms with Crippen molar-refractivity contribution >= 4 is 24.0 Å². The van der Waals surface area contributed by atoms with Gasteiger partial charge < -0.3 is 5.32 Å². The molecule has 0 spiro atoms. The highest BCUT2D eigenvalue weighted by Gasteiger charge is 2.52. The Morgan fingerprint density at radius 2 is 1.74 bits per heavy atom. The Bertz CT molecular complexity index is 519. The van der Waals surface area contributed by atoms with Gasteiger partial charge >= 0.3 is 0 Å². The zero-order valence-corrected chi connectivity index (χ0v) is 15.2. The van der Waals surface area contributed by atoms with Crippen molar-refractivity contribution in [3.63, 3.8) is 0 Å². The Balaban J connectivity index is 0.00000156. The van der Waals surface area contributed by atoms with Gasteiger partial charge in [0.1, 0.15) is 5.82 Å². The van der Waals surface area contributed by atoms with Crippen molar-refractivity contribution in [2.45, 2.75) is 58.0 Å². The quantitative estimate of drug-likeness (QED) is 0.739. The summed E-state index contributed by atoms with van der Waals surface area (Å²) in [6.07, 6.45) is 8.51. The predicted octanol–water partition coefficient (Wildman–Crippen LogP) is 5.60. The predicted molar refractivity (Wildman–Crippen MR) is 95.6 cm³/mol. The topological polar surface area (TPSA) is 12.0 Å². The smallest absolute Gasteiger partial charge is 0.129 e. The molecule has 4 aliphatic rings. The van der Waals surface area contributed by atoms with Crippen LogP contribution in [0.3, 0.4) is 0 Å². The first-order valence-corrected chi connectivity index (χ1v) is 9.10. The normalized spacial score (nSPS) is 35.9. The van der Waals surface area contributed by atoms with Crippen LogP contribution >= 0.6 is 24.0 Å². The van der Waals surface area contributed by atoms with Crippen molar-refractivity contribution < 1.29 is 4.39 Å². The highest BCUT2D eigenvalue weighted by molar-refractivity contribution is 6.31. The van der Waals surface area contributed by atoms with Gasteiger partial charge in [0.05, 0.1) is 0 Å². The van der Waals surface area contributed by atoms with Crippen molar-refractivity contribution in [2.24, 2.45) is 23.2 Å². The third kappa shape index (κ3) is 3.15. The highest BCUT2D eigenvalue weighted by Crippen LogP contribution is 2.61. The lowest BCUT2D eigenvalue weighted by atomic mass is 9.48. The molecular formula is C19H26Cl2FN. The van der Waals surface area contributed by atoms with Crippen LogP contribution in [0.4, 0.5) is 4.39 Å². The van der Waals surface area contributed by atoms with E-state index >= 15 is 0 Å². The number of rotatable bonds is 4. The Hall–Kier alpha value is -0.310. The lowest BCUT2D eigenvalue weighted by molar-refractivity contribution is -0.0707. The maximum absolute atomic E-state index is 13.9. The maximum Gasteiger partial charge on any atom is 0.129 e. The van der Waals surface area contributed by atoms with Gasteiger partial charge in [-0.05, 0) is 80.8 Å². The highest BCUT2D eigenvalue weighted by atomic mass is 35.5. The molecule has 23 heavy (non-hydrogen) atoms. The first-order valence-electron chi connectivity index (χ1n) is 8.72. The van der Waals surface area contributed by atoms with E-state index in [1.54, 1.807) is 12.1 Å². The first kappa shape index (κ1) is 17.5. The number of benzene rings is 1. The van der Waals surface area contributed by atoms with Gasteiger partial charge in [0, 0.05) is 23.2 Å². The standard InChI is InChI=1S/C19H25ClFN.ClH/c1-12(22-11-16-17(20)3-2-4-18(16)21)19-8-13-5-14(9-19)7-15(6-13)10-19;/h2-4,12-15,22H,5-11H2,1H3;1H. The second kappa shape index (κ2) is 6.54. The average molecular weight is 358 g/mol. The molecule has 0 saturated heterocycles. The number of hydrogen-bond acceptors (Lipinski definition) is 1. The van der Waals surface area contributed by atoms with Crippen molar-refractivity contribution in [1.82, 2.24) is 5.32 Å². The molecule has 1 aromatic carbocycles. The zero-order chi connectivity index (χ0) is 15.3. The molecular weight excluding hydrogens is 332 g/mol. The maximum atomic E-state index is 13.9. The number of nitrogens with one attached hydrogen (secondary N) is 1. The van der Waals surface area contributed by atoms with E-state index in [1.807, 2.05) is 0 Å². The average Bonchev–Trinajstić information content (AvgIpc) is 2.45. The van der Waals surface area contributed by atoms with E-state index in [2.05, 4.69) is 12.2 Å². The number of hydrogen-bond donors (Lipinski definition) is 1. The summed E-state index contributed by atoms with van der Waals surface area (Å²) in [6, 6.07) is 5.38. The van der Waals surface area contributed by atoms with Crippen LogP contribution in [-0.2, 0) is 6.54 Å². The molecule has 4 fully saturated rings. The summed E-state index contributed by atoms with van der Waals surface area (Å²) in [4.78, 5) is 0. The van der Waals surface area contributed by atoms with E-state index in [1.165, 1.54) is 44.6 Å².